The van der Waals surface area contributed by atoms with Gasteiger partial charge in [0.05, 0.1) is 12.7 Å². The maximum absolute atomic E-state index is 12.4. The third-order valence-corrected chi connectivity index (χ3v) is 4.62. The number of carbonyl (C=O) groups is 1. The number of nitrogens with one attached hydrogen (secondary N) is 1. The average Bonchev–Trinajstić information content (AvgIpc) is 2.37. The van der Waals surface area contributed by atoms with E-state index in [4.69, 9.17) is 4.74 Å². The summed E-state index contributed by atoms with van der Waals surface area (Å²) in [5, 5.41) is 3.16. The summed E-state index contributed by atoms with van der Waals surface area (Å²) in [7, 11) is 1.61. The van der Waals surface area contributed by atoms with Crippen molar-refractivity contribution >= 4 is 21.8 Å². The molecule has 1 fully saturated rings. The molecule has 2 unspecified atom stereocenters. The van der Waals surface area contributed by atoms with Crippen LogP contribution in [-0.4, -0.2) is 19.1 Å². The number of ether oxygens (including phenoxy) is 1. The lowest BCUT2D eigenvalue weighted by Crippen LogP contribution is -2.40. The summed E-state index contributed by atoms with van der Waals surface area (Å²) in [6.07, 6.45) is 3.39. The molecule has 2 rings (SSSR count). The van der Waals surface area contributed by atoms with Gasteiger partial charge in [-0.1, -0.05) is 13.8 Å². The Morgan fingerprint density at radius 2 is 1.90 bits per heavy atom. The molecule has 1 saturated carbocycles. The minimum absolute atomic E-state index is 0.0259. The standard InChI is InChI=1S/C16H22BrNO2/c1-10-6-11(2)8-12(7-10)18-16(19)14-9-13(20-3)4-5-15(14)17/h4-5,9-12H,6-8H2,1-3H3,(H,18,19). The van der Waals surface area contributed by atoms with Gasteiger partial charge < -0.3 is 10.1 Å². The number of amides is 1. The lowest BCUT2D eigenvalue weighted by molar-refractivity contribution is 0.0910. The molecule has 110 valence electrons. The molecule has 20 heavy (non-hydrogen) atoms. The van der Waals surface area contributed by atoms with Gasteiger partial charge in [-0.2, -0.15) is 0 Å². The maximum Gasteiger partial charge on any atom is 0.252 e. The molecule has 0 aliphatic heterocycles. The zero-order chi connectivity index (χ0) is 14.7. The van der Waals surface area contributed by atoms with E-state index in [1.165, 1.54) is 6.42 Å². The SMILES string of the molecule is COc1ccc(Br)c(C(=O)NC2CC(C)CC(C)C2)c1. The Morgan fingerprint density at radius 3 is 2.50 bits per heavy atom. The minimum atomic E-state index is -0.0259. The van der Waals surface area contributed by atoms with Crippen molar-refractivity contribution < 1.29 is 9.53 Å². The van der Waals surface area contributed by atoms with E-state index in [-0.39, 0.29) is 11.9 Å². The smallest absolute Gasteiger partial charge is 0.252 e. The van der Waals surface area contributed by atoms with Gasteiger partial charge in [-0.05, 0) is 65.2 Å². The number of hydrogen-bond donors (Lipinski definition) is 1. The molecule has 1 aromatic carbocycles. The molecule has 2 atom stereocenters. The fraction of sp³-hybridized carbons (Fsp3) is 0.562. The van der Waals surface area contributed by atoms with Crippen LogP contribution in [-0.2, 0) is 0 Å². The Kier molecular flexibility index (Phi) is 5.08. The Morgan fingerprint density at radius 1 is 1.25 bits per heavy atom. The Hall–Kier alpha value is -1.03. The molecule has 3 nitrogen and oxygen atoms in total. The Bertz CT molecular complexity index is 479. The predicted octanol–water partition coefficient (Wildman–Crippen LogP) is 4.01. The van der Waals surface area contributed by atoms with E-state index in [1.807, 2.05) is 12.1 Å². The van der Waals surface area contributed by atoms with Crippen molar-refractivity contribution in [3.8, 4) is 5.75 Å². The van der Waals surface area contributed by atoms with Gasteiger partial charge in [-0.25, -0.2) is 0 Å². The molecule has 1 N–H and O–H groups in total. The van der Waals surface area contributed by atoms with Crippen LogP contribution in [0.2, 0.25) is 0 Å². The Labute approximate surface area is 129 Å². The van der Waals surface area contributed by atoms with E-state index in [0.717, 1.165) is 17.3 Å². The first kappa shape index (κ1) is 15.4. The largest absolute Gasteiger partial charge is 0.497 e. The first-order chi connectivity index (χ1) is 9.49. The predicted molar refractivity (Wildman–Crippen MR) is 84.1 cm³/mol. The van der Waals surface area contributed by atoms with Crippen LogP contribution in [0.3, 0.4) is 0 Å². The topological polar surface area (TPSA) is 38.3 Å². The molecule has 1 aliphatic carbocycles. The highest BCUT2D eigenvalue weighted by molar-refractivity contribution is 9.10. The summed E-state index contributed by atoms with van der Waals surface area (Å²) in [5.41, 5.74) is 0.634. The summed E-state index contributed by atoms with van der Waals surface area (Å²) >= 11 is 3.43. The summed E-state index contributed by atoms with van der Waals surface area (Å²) in [5.74, 6) is 2.03. The van der Waals surface area contributed by atoms with Crippen LogP contribution >= 0.6 is 15.9 Å². The first-order valence-corrected chi connectivity index (χ1v) is 7.93. The van der Waals surface area contributed by atoms with Gasteiger partial charge in [0.15, 0.2) is 0 Å². The minimum Gasteiger partial charge on any atom is -0.497 e. The van der Waals surface area contributed by atoms with Gasteiger partial charge in [0.25, 0.3) is 5.91 Å². The van der Waals surface area contributed by atoms with Gasteiger partial charge in [0, 0.05) is 10.5 Å². The zero-order valence-electron chi connectivity index (χ0n) is 12.3. The van der Waals surface area contributed by atoms with Crippen LogP contribution in [0.4, 0.5) is 0 Å². The number of hydrogen-bond acceptors (Lipinski definition) is 2. The fourth-order valence-electron chi connectivity index (χ4n) is 3.13. The van der Waals surface area contributed by atoms with Gasteiger partial charge >= 0.3 is 0 Å². The summed E-state index contributed by atoms with van der Waals surface area (Å²) in [4.78, 5) is 12.4. The van der Waals surface area contributed by atoms with Crippen LogP contribution < -0.4 is 10.1 Å². The van der Waals surface area contributed by atoms with E-state index in [9.17, 15) is 4.79 Å². The monoisotopic (exact) mass is 339 g/mol. The molecule has 4 heteroatoms. The van der Waals surface area contributed by atoms with Crippen molar-refractivity contribution in [2.45, 2.75) is 39.2 Å². The van der Waals surface area contributed by atoms with Gasteiger partial charge in [0.1, 0.15) is 5.75 Å². The maximum atomic E-state index is 12.4. The van der Waals surface area contributed by atoms with Gasteiger partial charge in [0.2, 0.25) is 0 Å². The second-order valence-electron chi connectivity index (χ2n) is 5.93. The normalized spacial score (nSPS) is 26.1. The second-order valence-corrected chi connectivity index (χ2v) is 6.79. The van der Waals surface area contributed by atoms with Crippen molar-refractivity contribution in [3.63, 3.8) is 0 Å². The van der Waals surface area contributed by atoms with Crippen LogP contribution in [0.5, 0.6) is 5.75 Å². The molecule has 0 bridgehead atoms. The zero-order valence-corrected chi connectivity index (χ0v) is 13.9. The van der Waals surface area contributed by atoms with Crippen LogP contribution in [0.25, 0.3) is 0 Å². The summed E-state index contributed by atoms with van der Waals surface area (Å²) < 4.78 is 5.98. The number of carbonyl (C=O) groups excluding carboxylic acids is 1. The van der Waals surface area contributed by atoms with E-state index in [2.05, 4.69) is 35.1 Å². The Balaban J connectivity index is 2.08. The third-order valence-electron chi connectivity index (χ3n) is 3.93. The molecule has 0 radical (unpaired) electrons. The van der Waals surface area contributed by atoms with E-state index in [0.29, 0.717) is 23.1 Å². The van der Waals surface area contributed by atoms with Crippen molar-refractivity contribution in [2.24, 2.45) is 11.8 Å². The molecular formula is C16H22BrNO2. The molecule has 0 aromatic heterocycles. The number of benzene rings is 1. The van der Waals surface area contributed by atoms with Crippen LogP contribution in [0, 0.1) is 11.8 Å². The summed E-state index contributed by atoms with van der Waals surface area (Å²) in [6, 6.07) is 5.74. The molecular weight excluding hydrogens is 318 g/mol. The first-order valence-electron chi connectivity index (χ1n) is 7.14. The van der Waals surface area contributed by atoms with Crippen molar-refractivity contribution in [3.05, 3.63) is 28.2 Å². The fourth-order valence-corrected chi connectivity index (χ4v) is 3.56. The van der Waals surface area contributed by atoms with E-state index < -0.39 is 0 Å². The molecule has 1 aliphatic rings. The highest BCUT2D eigenvalue weighted by Crippen LogP contribution is 2.29. The van der Waals surface area contributed by atoms with Crippen LogP contribution in [0.15, 0.2) is 22.7 Å². The van der Waals surface area contributed by atoms with Crippen molar-refractivity contribution in [1.29, 1.82) is 0 Å². The summed E-state index contributed by atoms with van der Waals surface area (Å²) in [6.45, 7) is 4.52. The molecule has 0 heterocycles. The number of rotatable bonds is 3. The van der Waals surface area contributed by atoms with Crippen LogP contribution in [0.1, 0.15) is 43.5 Å². The van der Waals surface area contributed by atoms with Crippen molar-refractivity contribution in [1.82, 2.24) is 5.32 Å². The lowest BCUT2D eigenvalue weighted by atomic mass is 9.80. The van der Waals surface area contributed by atoms with Gasteiger partial charge in [-0.3, -0.25) is 4.79 Å². The molecule has 1 aromatic rings. The number of halogens is 1. The third kappa shape index (κ3) is 3.75. The molecule has 0 saturated heterocycles. The second kappa shape index (κ2) is 6.61. The quantitative estimate of drug-likeness (QED) is 0.903. The van der Waals surface area contributed by atoms with E-state index >= 15 is 0 Å². The lowest BCUT2D eigenvalue weighted by Gasteiger charge is -2.32. The van der Waals surface area contributed by atoms with E-state index in [1.54, 1.807) is 13.2 Å². The highest BCUT2D eigenvalue weighted by atomic mass is 79.9. The molecule has 1 amide bonds. The molecule has 0 spiro atoms. The number of methoxy groups -OCH3 is 1. The van der Waals surface area contributed by atoms with Crippen molar-refractivity contribution in [2.75, 3.05) is 7.11 Å². The van der Waals surface area contributed by atoms with Gasteiger partial charge in [-0.15, -0.1) is 0 Å². The average molecular weight is 340 g/mol. The highest BCUT2D eigenvalue weighted by Gasteiger charge is 2.25.